The highest BCUT2D eigenvalue weighted by Gasteiger charge is 2.37. The quantitative estimate of drug-likeness (QED) is 0.696. The van der Waals surface area contributed by atoms with Crippen LogP contribution >= 0.6 is 0 Å². The molecule has 2 N–H and O–H groups in total. The second-order valence-electron chi connectivity index (χ2n) is 4.25. The fourth-order valence-corrected chi connectivity index (χ4v) is 1.93. The number of hydrogen-bond donors (Lipinski definition) is 2. The molecule has 2 atom stereocenters. The van der Waals surface area contributed by atoms with Crippen LogP contribution in [0.1, 0.15) is 6.92 Å². The van der Waals surface area contributed by atoms with Gasteiger partial charge in [-0.25, -0.2) is 4.79 Å². The molecule has 1 rings (SSSR count). The molecule has 0 aromatic rings. The maximum Gasteiger partial charge on any atom is 0.319 e. The molecule has 6 heteroatoms. The van der Waals surface area contributed by atoms with Crippen molar-refractivity contribution < 1.29 is 19.8 Å². The summed E-state index contributed by atoms with van der Waals surface area (Å²) < 4.78 is 0. The molecule has 0 bridgehead atoms. The normalized spacial score (nSPS) is 24.6. The van der Waals surface area contributed by atoms with Crippen molar-refractivity contribution in [2.24, 2.45) is 11.8 Å². The molecule has 0 aliphatic carbocycles. The molecule has 16 heavy (non-hydrogen) atoms. The molecule has 0 spiro atoms. The van der Waals surface area contributed by atoms with E-state index in [1.54, 1.807) is 7.05 Å². The van der Waals surface area contributed by atoms with E-state index in [1.165, 1.54) is 9.80 Å². The number of carboxylic acids is 1. The minimum absolute atomic E-state index is 0.0241. The lowest BCUT2D eigenvalue weighted by Crippen LogP contribution is -2.41. The Labute approximate surface area is 94.4 Å². The van der Waals surface area contributed by atoms with Crippen LogP contribution in [0.3, 0.4) is 0 Å². The molecule has 1 aliphatic heterocycles. The van der Waals surface area contributed by atoms with Crippen molar-refractivity contribution in [3.8, 4) is 0 Å². The molecule has 0 aromatic heterocycles. The van der Waals surface area contributed by atoms with Crippen molar-refractivity contribution in [1.29, 1.82) is 0 Å². The molecule has 1 heterocycles. The minimum Gasteiger partial charge on any atom is -0.481 e. The number of likely N-dealkylation sites (N-methyl/N-ethyl adjacent to an activating group) is 1. The Balaban J connectivity index is 2.58. The molecule has 0 aromatic carbocycles. The summed E-state index contributed by atoms with van der Waals surface area (Å²) in [7, 11) is 1.59. The lowest BCUT2D eigenvalue weighted by molar-refractivity contribution is -0.142. The van der Waals surface area contributed by atoms with E-state index in [-0.39, 0.29) is 31.6 Å². The topological polar surface area (TPSA) is 81.1 Å². The highest BCUT2D eigenvalue weighted by molar-refractivity contribution is 5.77. The molecular formula is C10H18N2O4. The first kappa shape index (κ1) is 12.8. The van der Waals surface area contributed by atoms with Crippen LogP contribution in [0.5, 0.6) is 0 Å². The van der Waals surface area contributed by atoms with Gasteiger partial charge in [0, 0.05) is 26.7 Å². The fraction of sp³-hybridized carbons (Fsp3) is 0.800. The number of hydrogen-bond acceptors (Lipinski definition) is 3. The van der Waals surface area contributed by atoms with Gasteiger partial charge in [0.1, 0.15) is 0 Å². The third-order valence-electron chi connectivity index (χ3n) is 2.96. The molecule has 92 valence electrons. The van der Waals surface area contributed by atoms with Gasteiger partial charge in [0.25, 0.3) is 0 Å². The number of rotatable bonds is 3. The summed E-state index contributed by atoms with van der Waals surface area (Å²) in [5.41, 5.74) is 0. The zero-order chi connectivity index (χ0) is 12.3. The Morgan fingerprint density at radius 3 is 2.50 bits per heavy atom. The number of amides is 2. The van der Waals surface area contributed by atoms with Gasteiger partial charge in [0.15, 0.2) is 0 Å². The third kappa shape index (κ3) is 2.63. The lowest BCUT2D eigenvalue weighted by atomic mass is 9.99. The van der Waals surface area contributed by atoms with Crippen molar-refractivity contribution in [3.63, 3.8) is 0 Å². The lowest BCUT2D eigenvalue weighted by Gasteiger charge is -2.23. The number of aliphatic hydroxyl groups is 1. The van der Waals surface area contributed by atoms with Crippen LogP contribution in [0.2, 0.25) is 0 Å². The van der Waals surface area contributed by atoms with Crippen molar-refractivity contribution in [2.75, 3.05) is 33.3 Å². The Kier molecular flexibility index (Phi) is 4.12. The molecule has 1 aliphatic rings. The van der Waals surface area contributed by atoms with Crippen molar-refractivity contribution in [2.45, 2.75) is 6.92 Å². The van der Waals surface area contributed by atoms with E-state index in [2.05, 4.69) is 0 Å². The Morgan fingerprint density at radius 1 is 1.44 bits per heavy atom. The largest absolute Gasteiger partial charge is 0.481 e. The van der Waals surface area contributed by atoms with Gasteiger partial charge in [-0.05, 0) is 5.92 Å². The van der Waals surface area contributed by atoms with Crippen LogP contribution in [0.4, 0.5) is 4.79 Å². The molecule has 0 radical (unpaired) electrons. The van der Waals surface area contributed by atoms with Gasteiger partial charge in [0.2, 0.25) is 0 Å². The summed E-state index contributed by atoms with van der Waals surface area (Å²) in [5, 5.41) is 17.6. The average Bonchev–Trinajstić information content (AvgIpc) is 2.59. The van der Waals surface area contributed by atoms with Gasteiger partial charge in [-0.1, -0.05) is 6.92 Å². The highest BCUT2D eigenvalue weighted by atomic mass is 16.4. The second kappa shape index (κ2) is 5.16. The first-order valence-corrected chi connectivity index (χ1v) is 5.31. The van der Waals surface area contributed by atoms with Crippen LogP contribution in [0.15, 0.2) is 0 Å². The van der Waals surface area contributed by atoms with E-state index in [4.69, 9.17) is 10.2 Å². The van der Waals surface area contributed by atoms with Crippen molar-refractivity contribution >= 4 is 12.0 Å². The number of likely N-dealkylation sites (tertiary alicyclic amines) is 1. The minimum atomic E-state index is -0.854. The Morgan fingerprint density at radius 2 is 2.06 bits per heavy atom. The summed E-state index contributed by atoms with van der Waals surface area (Å²) in [6.07, 6.45) is 0. The Hall–Kier alpha value is -1.30. The zero-order valence-corrected chi connectivity index (χ0v) is 9.59. The fourth-order valence-electron chi connectivity index (χ4n) is 1.93. The molecule has 1 saturated heterocycles. The zero-order valence-electron chi connectivity index (χ0n) is 9.59. The van der Waals surface area contributed by atoms with E-state index in [0.29, 0.717) is 6.54 Å². The van der Waals surface area contributed by atoms with Gasteiger partial charge in [-0.3, -0.25) is 4.79 Å². The smallest absolute Gasteiger partial charge is 0.319 e. The summed E-state index contributed by atoms with van der Waals surface area (Å²) in [5.74, 6) is -1.36. The highest BCUT2D eigenvalue weighted by Crippen LogP contribution is 2.23. The van der Waals surface area contributed by atoms with Crippen LogP contribution in [-0.2, 0) is 4.79 Å². The molecule has 0 saturated carbocycles. The van der Waals surface area contributed by atoms with E-state index >= 15 is 0 Å². The third-order valence-corrected chi connectivity index (χ3v) is 2.96. The number of aliphatic hydroxyl groups excluding tert-OH is 1. The Bertz CT molecular complexity index is 282. The molecule has 2 amide bonds. The van der Waals surface area contributed by atoms with Crippen LogP contribution in [0, 0.1) is 11.8 Å². The number of carbonyl (C=O) groups excluding carboxylic acids is 1. The summed E-state index contributed by atoms with van der Waals surface area (Å²) in [6.45, 7) is 2.73. The number of aliphatic carboxylic acids is 1. The predicted octanol–water partition coefficient (Wildman–Crippen LogP) is -0.317. The second-order valence-corrected chi connectivity index (χ2v) is 4.25. The van der Waals surface area contributed by atoms with Gasteiger partial charge in [-0.15, -0.1) is 0 Å². The van der Waals surface area contributed by atoms with E-state index in [9.17, 15) is 9.59 Å². The standard InChI is InChI=1S/C10H18N2O4/c1-7-5-12(6-8(7)9(14)15)10(16)11(2)3-4-13/h7-8,13H,3-6H2,1-2H3,(H,14,15)/t7-,8-/m1/s1. The molecular weight excluding hydrogens is 212 g/mol. The average molecular weight is 230 g/mol. The number of nitrogens with zero attached hydrogens (tertiary/aromatic N) is 2. The molecule has 1 fully saturated rings. The monoisotopic (exact) mass is 230 g/mol. The number of carboxylic acid groups (broad SMARTS) is 1. The summed E-state index contributed by atoms with van der Waals surface area (Å²) in [6, 6.07) is -0.218. The maximum absolute atomic E-state index is 11.8. The first-order chi connectivity index (χ1) is 7.47. The summed E-state index contributed by atoms with van der Waals surface area (Å²) in [4.78, 5) is 25.6. The van der Waals surface area contributed by atoms with Crippen LogP contribution in [-0.4, -0.2) is 65.3 Å². The van der Waals surface area contributed by atoms with E-state index in [1.807, 2.05) is 6.92 Å². The van der Waals surface area contributed by atoms with Gasteiger partial charge < -0.3 is 20.0 Å². The van der Waals surface area contributed by atoms with E-state index in [0.717, 1.165) is 0 Å². The maximum atomic E-state index is 11.8. The van der Waals surface area contributed by atoms with Crippen LogP contribution < -0.4 is 0 Å². The van der Waals surface area contributed by atoms with Gasteiger partial charge in [-0.2, -0.15) is 0 Å². The molecule has 0 unspecified atom stereocenters. The van der Waals surface area contributed by atoms with E-state index < -0.39 is 11.9 Å². The van der Waals surface area contributed by atoms with Gasteiger partial charge >= 0.3 is 12.0 Å². The van der Waals surface area contributed by atoms with Crippen molar-refractivity contribution in [1.82, 2.24) is 9.80 Å². The predicted molar refractivity (Wildman–Crippen MR) is 57.0 cm³/mol. The van der Waals surface area contributed by atoms with Gasteiger partial charge in [0.05, 0.1) is 12.5 Å². The first-order valence-electron chi connectivity index (χ1n) is 5.31. The SMILES string of the molecule is C[C@@H]1CN(C(=O)N(C)CCO)C[C@H]1C(=O)O. The number of urea groups is 1. The summed E-state index contributed by atoms with van der Waals surface area (Å²) >= 11 is 0. The van der Waals surface area contributed by atoms with Crippen LogP contribution in [0.25, 0.3) is 0 Å². The molecule has 6 nitrogen and oxygen atoms in total. The van der Waals surface area contributed by atoms with Crippen molar-refractivity contribution in [3.05, 3.63) is 0 Å². The number of carbonyl (C=O) groups is 2.